The fourth-order valence-corrected chi connectivity index (χ4v) is 3.24. The number of halogens is 3. The Morgan fingerprint density at radius 1 is 1.39 bits per heavy atom. The van der Waals surface area contributed by atoms with Gasteiger partial charge in [0.05, 0.1) is 0 Å². The molecule has 1 aliphatic carbocycles. The van der Waals surface area contributed by atoms with Gasteiger partial charge in [0, 0.05) is 23.8 Å². The summed E-state index contributed by atoms with van der Waals surface area (Å²) < 4.78 is 37.3. The topological polar surface area (TPSA) is 71.1 Å². The molecule has 1 heterocycles. The Kier molecular flexibility index (Phi) is 5.61. The highest BCUT2D eigenvalue weighted by Gasteiger charge is 2.34. The average molecular weight is 349 g/mol. The zero-order valence-corrected chi connectivity index (χ0v) is 13.4. The lowest BCUT2D eigenvalue weighted by atomic mass is 10.1. The lowest BCUT2D eigenvalue weighted by Gasteiger charge is -2.16. The second-order valence-electron chi connectivity index (χ2n) is 5.68. The van der Waals surface area contributed by atoms with Gasteiger partial charge >= 0.3 is 6.18 Å². The minimum absolute atomic E-state index is 0.00816. The van der Waals surface area contributed by atoms with Crippen LogP contribution in [0.4, 0.5) is 18.3 Å². The summed E-state index contributed by atoms with van der Waals surface area (Å²) in [6.07, 6.45) is -0.729. The molecule has 1 aromatic heterocycles. The van der Waals surface area contributed by atoms with Crippen LogP contribution in [0.2, 0.25) is 0 Å². The minimum atomic E-state index is -4.53. The number of alkyl halides is 3. The standard InChI is InChI=1S/C14H18F3N3O2S/c1-8(18-12(22)9-4-2-3-5-9)6-11(21)20-13-19-10(7-23-13)14(15,16)17/h7-9H,2-6H2,1H3,(H,18,22)(H,19,20,21)/t8-/m1/s1. The van der Waals surface area contributed by atoms with Gasteiger partial charge in [-0.15, -0.1) is 11.3 Å². The van der Waals surface area contributed by atoms with Gasteiger partial charge in [0.2, 0.25) is 11.8 Å². The van der Waals surface area contributed by atoms with E-state index in [1.165, 1.54) is 0 Å². The molecular formula is C14H18F3N3O2S. The summed E-state index contributed by atoms with van der Waals surface area (Å²) in [4.78, 5) is 27.1. The molecule has 1 atom stereocenters. The van der Waals surface area contributed by atoms with E-state index in [0.717, 1.165) is 31.1 Å². The number of thiazole rings is 1. The van der Waals surface area contributed by atoms with Gasteiger partial charge in [-0.2, -0.15) is 13.2 Å². The van der Waals surface area contributed by atoms with Gasteiger partial charge in [-0.3, -0.25) is 9.59 Å². The molecule has 2 rings (SSSR count). The molecule has 2 amide bonds. The van der Waals surface area contributed by atoms with E-state index in [1.807, 2.05) is 0 Å². The Morgan fingerprint density at radius 3 is 2.61 bits per heavy atom. The van der Waals surface area contributed by atoms with E-state index in [9.17, 15) is 22.8 Å². The van der Waals surface area contributed by atoms with Crippen molar-refractivity contribution in [1.29, 1.82) is 0 Å². The number of carbonyl (C=O) groups is 2. The van der Waals surface area contributed by atoms with Crippen LogP contribution in [0.1, 0.15) is 44.7 Å². The third-order valence-corrected chi connectivity index (χ3v) is 4.40. The van der Waals surface area contributed by atoms with Gasteiger partial charge < -0.3 is 10.6 Å². The molecule has 23 heavy (non-hydrogen) atoms. The van der Waals surface area contributed by atoms with Gasteiger partial charge in [-0.05, 0) is 19.8 Å². The number of nitrogens with zero attached hydrogens (tertiary/aromatic N) is 1. The van der Waals surface area contributed by atoms with Crippen LogP contribution in [-0.2, 0) is 15.8 Å². The van der Waals surface area contributed by atoms with Crippen LogP contribution < -0.4 is 10.6 Å². The van der Waals surface area contributed by atoms with Crippen LogP contribution in [0.5, 0.6) is 0 Å². The first-order valence-electron chi connectivity index (χ1n) is 7.38. The van der Waals surface area contributed by atoms with E-state index in [0.29, 0.717) is 11.3 Å². The van der Waals surface area contributed by atoms with Gasteiger partial charge in [0.1, 0.15) is 0 Å². The number of nitrogens with one attached hydrogen (secondary N) is 2. The van der Waals surface area contributed by atoms with Crippen molar-refractivity contribution in [3.8, 4) is 0 Å². The summed E-state index contributed by atoms with van der Waals surface area (Å²) in [7, 11) is 0. The molecule has 1 aliphatic rings. The van der Waals surface area contributed by atoms with Crippen molar-refractivity contribution < 1.29 is 22.8 Å². The number of carbonyl (C=O) groups excluding carboxylic acids is 2. The highest BCUT2D eigenvalue weighted by molar-refractivity contribution is 7.13. The van der Waals surface area contributed by atoms with Gasteiger partial charge in [-0.25, -0.2) is 4.98 Å². The first kappa shape index (κ1) is 17.7. The molecule has 128 valence electrons. The number of anilines is 1. The number of hydrogen-bond acceptors (Lipinski definition) is 4. The summed E-state index contributed by atoms with van der Waals surface area (Å²) in [6, 6.07) is -0.384. The lowest BCUT2D eigenvalue weighted by molar-refractivity contribution is -0.140. The number of rotatable bonds is 5. The highest BCUT2D eigenvalue weighted by atomic mass is 32.1. The molecule has 5 nitrogen and oxygen atoms in total. The van der Waals surface area contributed by atoms with Crippen LogP contribution in [0, 0.1) is 5.92 Å². The SMILES string of the molecule is C[C@H](CC(=O)Nc1nc(C(F)(F)F)cs1)NC(=O)C1CCCC1. The predicted octanol–water partition coefficient (Wildman–Crippen LogP) is 3.19. The Hall–Kier alpha value is -1.64. The summed E-state index contributed by atoms with van der Waals surface area (Å²) >= 11 is 0.716. The Morgan fingerprint density at radius 2 is 2.04 bits per heavy atom. The first-order valence-corrected chi connectivity index (χ1v) is 8.26. The third-order valence-electron chi connectivity index (χ3n) is 3.65. The highest BCUT2D eigenvalue weighted by Crippen LogP contribution is 2.31. The summed E-state index contributed by atoms with van der Waals surface area (Å²) in [6.45, 7) is 1.69. The molecule has 0 aromatic carbocycles. The zero-order chi connectivity index (χ0) is 17.0. The van der Waals surface area contributed by atoms with Gasteiger partial charge in [0.25, 0.3) is 0 Å². The molecule has 0 aliphatic heterocycles. The Labute approximate surface area is 135 Å². The number of amides is 2. The molecule has 1 saturated carbocycles. The molecule has 0 spiro atoms. The van der Waals surface area contributed by atoms with E-state index in [-0.39, 0.29) is 29.4 Å². The predicted molar refractivity (Wildman–Crippen MR) is 79.9 cm³/mol. The maximum Gasteiger partial charge on any atom is 0.434 e. The molecule has 0 radical (unpaired) electrons. The monoisotopic (exact) mass is 349 g/mol. The van der Waals surface area contributed by atoms with Crippen molar-refractivity contribution in [2.24, 2.45) is 5.92 Å². The summed E-state index contributed by atoms with van der Waals surface area (Å²) in [5.74, 6) is -0.530. The molecule has 1 aromatic rings. The van der Waals surface area contributed by atoms with E-state index in [4.69, 9.17) is 0 Å². The fraction of sp³-hybridized carbons (Fsp3) is 0.643. The minimum Gasteiger partial charge on any atom is -0.353 e. The summed E-state index contributed by atoms with van der Waals surface area (Å²) in [5.41, 5.74) is -1.03. The second kappa shape index (κ2) is 7.29. The van der Waals surface area contributed by atoms with Crippen molar-refractivity contribution in [2.75, 3.05) is 5.32 Å². The molecule has 1 fully saturated rings. The molecular weight excluding hydrogens is 331 g/mol. The van der Waals surface area contributed by atoms with Crippen LogP contribution in [0.15, 0.2) is 5.38 Å². The van der Waals surface area contributed by atoms with Crippen molar-refractivity contribution in [3.05, 3.63) is 11.1 Å². The molecule has 2 N–H and O–H groups in total. The Balaban J connectivity index is 1.79. The van der Waals surface area contributed by atoms with E-state index in [1.54, 1.807) is 6.92 Å². The quantitative estimate of drug-likeness (QED) is 0.858. The Bertz CT molecular complexity index is 568. The largest absolute Gasteiger partial charge is 0.434 e. The fourth-order valence-electron chi connectivity index (χ4n) is 2.51. The van der Waals surface area contributed by atoms with Crippen molar-refractivity contribution >= 4 is 28.3 Å². The van der Waals surface area contributed by atoms with E-state index < -0.39 is 17.8 Å². The molecule has 0 saturated heterocycles. The van der Waals surface area contributed by atoms with Crippen molar-refractivity contribution in [1.82, 2.24) is 10.3 Å². The first-order chi connectivity index (χ1) is 10.8. The number of hydrogen-bond donors (Lipinski definition) is 2. The van der Waals surface area contributed by atoms with Crippen LogP contribution in [0.25, 0.3) is 0 Å². The smallest absolute Gasteiger partial charge is 0.353 e. The molecule has 9 heteroatoms. The van der Waals surface area contributed by atoms with Crippen molar-refractivity contribution in [3.63, 3.8) is 0 Å². The van der Waals surface area contributed by atoms with Crippen LogP contribution >= 0.6 is 11.3 Å². The zero-order valence-electron chi connectivity index (χ0n) is 12.6. The van der Waals surface area contributed by atoms with Crippen LogP contribution in [-0.4, -0.2) is 22.8 Å². The summed E-state index contributed by atoms with van der Waals surface area (Å²) in [5, 5.41) is 5.84. The van der Waals surface area contributed by atoms with Crippen LogP contribution in [0.3, 0.4) is 0 Å². The van der Waals surface area contributed by atoms with E-state index in [2.05, 4.69) is 15.6 Å². The maximum atomic E-state index is 12.4. The molecule has 0 bridgehead atoms. The maximum absolute atomic E-state index is 12.4. The normalized spacial score (nSPS) is 17.0. The number of aromatic nitrogens is 1. The molecule has 0 unspecified atom stereocenters. The second-order valence-corrected chi connectivity index (χ2v) is 6.54. The van der Waals surface area contributed by atoms with Gasteiger partial charge in [0.15, 0.2) is 10.8 Å². The lowest BCUT2D eigenvalue weighted by Crippen LogP contribution is -2.38. The average Bonchev–Trinajstić information content (AvgIpc) is 3.07. The third kappa shape index (κ3) is 5.19. The van der Waals surface area contributed by atoms with E-state index >= 15 is 0 Å². The van der Waals surface area contributed by atoms with Crippen molar-refractivity contribution in [2.45, 2.75) is 51.2 Å². The van der Waals surface area contributed by atoms with Gasteiger partial charge in [-0.1, -0.05) is 12.8 Å².